The summed E-state index contributed by atoms with van der Waals surface area (Å²) in [6, 6.07) is 12.3. The van der Waals surface area contributed by atoms with E-state index in [-0.39, 0.29) is 11.7 Å². The minimum absolute atomic E-state index is 0.155. The largest absolute Gasteiger partial charge is 0.334 e. The molecule has 3 aromatic rings. The number of hydrogen-bond acceptors (Lipinski definition) is 5. The summed E-state index contributed by atoms with van der Waals surface area (Å²) in [4.78, 5) is 4.30. The van der Waals surface area contributed by atoms with Gasteiger partial charge in [0.1, 0.15) is 5.82 Å². The summed E-state index contributed by atoms with van der Waals surface area (Å²) in [6.45, 7) is 1.58. The first kappa shape index (κ1) is 15.0. The van der Waals surface area contributed by atoms with Gasteiger partial charge in [0.2, 0.25) is 0 Å². The lowest BCUT2D eigenvalue weighted by molar-refractivity contribution is 0.417. The lowest BCUT2D eigenvalue weighted by Gasteiger charge is -2.17. The van der Waals surface area contributed by atoms with Crippen LogP contribution in [0, 0.1) is 5.82 Å². The molecule has 0 spiro atoms. The van der Waals surface area contributed by atoms with Crippen LogP contribution in [0.15, 0.2) is 47.0 Å². The highest BCUT2D eigenvalue weighted by Gasteiger charge is 2.21. The van der Waals surface area contributed by atoms with E-state index in [1.54, 1.807) is 12.1 Å². The summed E-state index contributed by atoms with van der Waals surface area (Å²) in [5, 5.41) is 7.20. The standard InChI is InChI=1S/C18H17FN4O/c19-15-9-12-6-7-21-10-13(12)8-14(15)18-22-17(23-24-18)16(20)11-4-2-1-3-5-11/h1-5,8-9,16,21H,6-7,10,20H2. The first-order valence-electron chi connectivity index (χ1n) is 7.89. The zero-order chi connectivity index (χ0) is 16.5. The Kier molecular flexibility index (Phi) is 3.84. The van der Waals surface area contributed by atoms with Crippen molar-refractivity contribution in [2.45, 2.75) is 19.0 Å². The van der Waals surface area contributed by atoms with E-state index in [0.29, 0.717) is 17.9 Å². The zero-order valence-electron chi connectivity index (χ0n) is 13.0. The molecule has 0 fully saturated rings. The molecule has 1 aromatic heterocycles. The van der Waals surface area contributed by atoms with E-state index in [1.165, 1.54) is 0 Å². The molecule has 6 heteroatoms. The van der Waals surface area contributed by atoms with Gasteiger partial charge in [-0.1, -0.05) is 35.5 Å². The van der Waals surface area contributed by atoms with Crippen LogP contribution in [0.3, 0.4) is 0 Å². The van der Waals surface area contributed by atoms with E-state index in [4.69, 9.17) is 10.3 Å². The summed E-state index contributed by atoms with van der Waals surface area (Å²) < 4.78 is 19.7. The third-order valence-corrected chi connectivity index (χ3v) is 4.28. The predicted molar refractivity (Wildman–Crippen MR) is 87.6 cm³/mol. The highest BCUT2D eigenvalue weighted by Crippen LogP contribution is 2.28. The molecule has 1 aliphatic rings. The zero-order valence-corrected chi connectivity index (χ0v) is 13.0. The van der Waals surface area contributed by atoms with Gasteiger partial charge in [-0.05, 0) is 41.8 Å². The number of benzene rings is 2. The lowest BCUT2D eigenvalue weighted by Crippen LogP contribution is -2.23. The Labute approximate surface area is 138 Å². The van der Waals surface area contributed by atoms with Crippen molar-refractivity contribution in [1.29, 1.82) is 0 Å². The molecule has 24 heavy (non-hydrogen) atoms. The summed E-state index contributed by atoms with van der Waals surface area (Å²) in [5.74, 6) is 0.146. The normalized spacial score (nSPS) is 15.1. The summed E-state index contributed by atoms with van der Waals surface area (Å²) in [5.41, 5.74) is 9.44. The molecule has 0 radical (unpaired) electrons. The Morgan fingerprint density at radius 2 is 2.00 bits per heavy atom. The van der Waals surface area contributed by atoms with Gasteiger partial charge in [-0.2, -0.15) is 4.98 Å². The average molecular weight is 324 g/mol. The summed E-state index contributed by atoms with van der Waals surface area (Å²) >= 11 is 0. The van der Waals surface area contributed by atoms with E-state index < -0.39 is 6.04 Å². The van der Waals surface area contributed by atoms with Crippen molar-refractivity contribution >= 4 is 0 Å². The third kappa shape index (κ3) is 2.70. The van der Waals surface area contributed by atoms with Crippen LogP contribution in [0.2, 0.25) is 0 Å². The van der Waals surface area contributed by atoms with Gasteiger partial charge in [-0.25, -0.2) is 4.39 Å². The molecule has 1 unspecified atom stereocenters. The van der Waals surface area contributed by atoms with Crippen LogP contribution in [-0.4, -0.2) is 16.7 Å². The molecule has 1 atom stereocenters. The average Bonchev–Trinajstić information content (AvgIpc) is 3.11. The van der Waals surface area contributed by atoms with Gasteiger partial charge in [0.25, 0.3) is 5.89 Å². The number of fused-ring (bicyclic) bond motifs is 1. The van der Waals surface area contributed by atoms with Crippen molar-refractivity contribution in [3.05, 3.63) is 70.8 Å². The van der Waals surface area contributed by atoms with Crippen LogP contribution in [-0.2, 0) is 13.0 Å². The monoisotopic (exact) mass is 324 g/mol. The summed E-state index contributed by atoms with van der Waals surface area (Å²) in [6.07, 6.45) is 0.820. The molecule has 0 amide bonds. The van der Waals surface area contributed by atoms with Gasteiger partial charge in [-0.3, -0.25) is 0 Å². The van der Waals surface area contributed by atoms with Crippen LogP contribution in [0.1, 0.15) is 28.6 Å². The maximum absolute atomic E-state index is 14.4. The Balaban J connectivity index is 1.68. The molecule has 5 nitrogen and oxygen atoms in total. The van der Waals surface area contributed by atoms with Crippen molar-refractivity contribution in [2.75, 3.05) is 6.54 Å². The molecular formula is C18H17FN4O. The van der Waals surface area contributed by atoms with Crippen LogP contribution < -0.4 is 11.1 Å². The molecule has 2 aromatic carbocycles. The van der Waals surface area contributed by atoms with Crippen LogP contribution in [0.4, 0.5) is 4.39 Å². The van der Waals surface area contributed by atoms with Crippen molar-refractivity contribution in [3.63, 3.8) is 0 Å². The van der Waals surface area contributed by atoms with E-state index in [0.717, 1.165) is 29.7 Å². The van der Waals surface area contributed by atoms with Crippen molar-refractivity contribution in [2.24, 2.45) is 5.73 Å². The van der Waals surface area contributed by atoms with Crippen molar-refractivity contribution < 1.29 is 8.91 Å². The molecule has 4 rings (SSSR count). The maximum Gasteiger partial charge on any atom is 0.260 e. The Morgan fingerprint density at radius 3 is 2.83 bits per heavy atom. The molecule has 0 bridgehead atoms. The van der Waals surface area contributed by atoms with Crippen LogP contribution >= 0.6 is 0 Å². The summed E-state index contributed by atoms with van der Waals surface area (Å²) in [7, 11) is 0. The number of halogens is 1. The highest BCUT2D eigenvalue weighted by atomic mass is 19.1. The minimum Gasteiger partial charge on any atom is -0.334 e. The highest BCUT2D eigenvalue weighted by molar-refractivity contribution is 5.57. The third-order valence-electron chi connectivity index (χ3n) is 4.28. The SMILES string of the molecule is NC(c1ccccc1)c1noc(-c2cc3c(cc2F)CCNC3)n1. The van der Waals surface area contributed by atoms with Gasteiger partial charge in [-0.15, -0.1) is 0 Å². The second kappa shape index (κ2) is 6.14. The van der Waals surface area contributed by atoms with E-state index in [1.807, 2.05) is 30.3 Å². The first-order chi connectivity index (χ1) is 11.7. The van der Waals surface area contributed by atoms with Gasteiger partial charge in [0, 0.05) is 6.54 Å². The van der Waals surface area contributed by atoms with Gasteiger partial charge in [0.05, 0.1) is 11.6 Å². The van der Waals surface area contributed by atoms with Gasteiger partial charge < -0.3 is 15.6 Å². The van der Waals surface area contributed by atoms with Gasteiger partial charge >= 0.3 is 0 Å². The minimum atomic E-state index is -0.508. The molecule has 0 saturated carbocycles. The Hall–Kier alpha value is -2.57. The molecule has 1 aliphatic heterocycles. The van der Waals surface area contributed by atoms with Crippen LogP contribution in [0.25, 0.3) is 11.5 Å². The predicted octanol–water partition coefficient (Wildman–Crippen LogP) is 2.57. The fourth-order valence-corrected chi connectivity index (χ4v) is 2.95. The molecule has 0 aliphatic carbocycles. The lowest BCUT2D eigenvalue weighted by atomic mass is 9.98. The van der Waals surface area contributed by atoms with Crippen molar-refractivity contribution in [1.82, 2.24) is 15.5 Å². The first-order valence-corrected chi connectivity index (χ1v) is 7.89. The number of nitrogens with two attached hydrogens (primary N) is 1. The van der Waals surface area contributed by atoms with E-state index >= 15 is 0 Å². The number of aromatic nitrogens is 2. The quantitative estimate of drug-likeness (QED) is 0.774. The second-order valence-corrected chi connectivity index (χ2v) is 5.87. The fourth-order valence-electron chi connectivity index (χ4n) is 2.95. The molecule has 0 saturated heterocycles. The van der Waals surface area contributed by atoms with E-state index in [9.17, 15) is 4.39 Å². The maximum atomic E-state index is 14.4. The number of hydrogen-bond donors (Lipinski definition) is 2. The smallest absolute Gasteiger partial charge is 0.260 e. The topological polar surface area (TPSA) is 77.0 Å². The number of nitrogens with one attached hydrogen (secondary N) is 1. The Bertz CT molecular complexity index is 863. The van der Waals surface area contributed by atoms with Crippen molar-refractivity contribution in [3.8, 4) is 11.5 Å². The molecule has 3 N–H and O–H groups in total. The number of nitrogens with zero attached hydrogens (tertiary/aromatic N) is 2. The van der Waals surface area contributed by atoms with Crippen LogP contribution in [0.5, 0.6) is 0 Å². The number of rotatable bonds is 3. The molecule has 2 heterocycles. The molecular weight excluding hydrogens is 307 g/mol. The second-order valence-electron chi connectivity index (χ2n) is 5.87. The van der Waals surface area contributed by atoms with E-state index in [2.05, 4.69) is 15.5 Å². The Morgan fingerprint density at radius 1 is 1.17 bits per heavy atom. The van der Waals surface area contributed by atoms with Gasteiger partial charge in [0.15, 0.2) is 5.82 Å². The fraction of sp³-hybridized carbons (Fsp3) is 0.222. The molecule has 122 valence electrons.